The fraction of sp³-hybridized carbons (Fsp3) is 0.857. The fourth-order valence-electron chi connectivity index (χ4n) is 1.30. The molecule has 1 heterocycles. The van der Waals surface area contributed by atoms with E-state index in [9.17, 15) is 4.79 Å². The molecule has 2 N–H and O–H groups in total. The zero-order valence-electron chi connectivity index (χ0n) is 6.71. The second-order valence-corrected chi connectivity index (χ2v) is 2.86. The topological polar surface area (TPSA) is 52.6 Å². The van der Waals surface area contributed by atoms with Crippen molar-refractivity contribution in [2.75, 3.05) is 19.6 Å². The van der Waals surface area contributed by atoms with Gasteiger partial charge in [0, 0.05) is 19.1 Å². The minimum Gasteiger partial charge on any atom is -0.465 e. The average molecular weight is 158 g/mol. The molecule has 1 amide bonds. The molecule has 0 aromatic rings. The number of hydrogen-bond acceptors (Lipinski definition) is 2. The molecule has 0 radical (unpaired) electrons. The minimum atomic E-state index is -0.804. The van der Waals surface area contributed by atoms with E-state index in [1.54, 1.807) is 0 Å². The molecule has 1 saturated heterocycles. The Kier molecular flexibility index (Phi) is 2.70. The van der Waals surface area contributed by atoms with Gasteiger partial charge < -0.3 is 15.3 Å². The number of rotatable bonds is 0. The summed E-state index contributed by atoms with van der Waals surface area (Å²) in [4.78, 5) is 12.1. The van der Waals surface area contributed by atoms with E-state index >= 15 is 0 Å². The van der Waals surface area contributed by atoms with E-state index in [0.29, 0.717) is 6.54 Å². The maximum absolute atomic E-state index is 10.6. The van der Waals surface area contributed by atoms with E-state index in [4.69, 9.17) is 5.11 Å². The maximum atomic E-state index is 10.6. The van der Waals surface area contributed by atoms with Crippen molar-refractivity contribution < 1.29 is 9.90 Å². The molecule has 0 aromatic carbocycles. The van der Waals surface area contributed by atoms with Crippen LogP contribution in [0.1, 0.15) is 13.3 Å². The van der Waals surface area contributed by atoms with Gasteiger partial charge in [-0.05, 0) is 19.9 Å². The number of hydrogen-bond donors (Lipinski definition) is 2. The van der Waals surface area contributed by atoms with E-state index in [2.05, 4.69) is 5.32 Å². The summed E-state index contributed by atoms with van der Waals surface area (Å²) < 4.78 is 0. The van der Waals surface area contributed by atoms with E-state index in [-0.39, 0.29) is 6.04 Å². The van der Waals surface area contributed by atoms with Crippen LogP contribution in [0.4, 0.5) is 4.79 Å². The predicted octanol–water partition coefficient (Wildman–Crippen LogP) is 0.348. The first kappa shape index (κ1) is 8.33. The lowest BCUT2D eigenvalue weighted by Gasteiger charge is -2.22. The first-order valence-corrected chi connectivity index (χ1v) is 3.92. The molecule has 0 saturated carbocycles. The Hall–Kier alpha value is -0.770. The van der Waals surface area contributed by atoms with Gasteiger partial charge in [-0.3, -0.25) is 0 Å². The van der Waals surface area contributed by atoms with Crippen molar-refractivity contribution >= 4 is 6.09 Å². The van der Waals surface area contributed by atoms with Gasteiger partial charge in [-0.1, -0.05) is 0 Å². The zero-order chi connectivity index (χ0) is 8.27. The van der Waals surface area contributed by atoms with Crippen molar-refractivity contribution in [3.63, 3.8) is 0 Å². The van der Waals surface area contributed by atoms with Crippen LogP contribution in [0.25, 0.3) is 0 Å². The molecule has 4 heteroatoms. The molecule has 4 nitrogen and oxygen atoms in total. The fourth-order valence-corrected chi connectivity index (χ4v) is 1.30. The van der Waals surface area contributed by atoms with Gasteiger partial charge in [0.1, 0.15) is 0 Å². The summed E-state index contributed by atoms with van der Waals surface area (Å²) in [5.74, 6) is 0. The van der Waals surface area contributed by atoms with Gasteiger partial charge in [-0.2, -0.15) is 0 Å². The largest absolute Gasteiger partial charge is 0.465 e. The minimum absolute atomic E-state index is 0.155. The Morgan fingerprint density at radius 1 is 1.64 bits per heavy atom. The summed E-state index contributed by atoms with van der Waals surface area (Å²) in [7, 11) is 0. The predicted molar refractivity (Wildman–Crippen MR) is 41.7 cm³/mol. The zero-order valence-corrected chi connectivity index (χ0v) is 6.71. The molecule has 11 heavy (non-hydrogen) atoms. The van der Waals surface area contributed by atoms with Crippen molar-refractivity contribution in [2.45, 2.75) is 19.4 Å². The van der Waals surface area contributed by atoms with Crippen LogP contribution in [0.15, 0.2) is 0 Å². The van der Waals surface area contributed by atoms with Gasteiger partial charge in [0.05, 0.1) is 0 Å². The summed E-state index contributed by atoms with van der Waals surface area (Å²) in [5, 5.41) is 11.9. The quantitative estimate of drug-likeness (QED) is 0.534. The van der Waals surface area contributed by atoms with E-state index in [1.807, 2.05) is 6.92 Å². The highest BCUT2D eigenvalue weighted by Gasteiger charge is 2.20. The van der Waals surface area contributed by atoms with Crippen LogP contribution in [0.5, 0.6) is 0 Å². The Morgan fingerprint density at radius 3 is 3.00 bits per heavy atom. The van der Waals surface area contributed by atoms with Gasteiger partial charge in [-0.25, -0.2) is 4.79 Å². The number of amides is 1. The van der Waals surface area contributed by atoms with Crippen LogP contribution >= 0.6 is 0 Å². The van der Waals surface area contributed by atoms with Gasteiger partial charge in [-0.15, -0.1) is 0 Å². The molecule has 1 fully saturated rings. The summed E-state index contributed by atoms with van der Waals surface area (Å²) >= 11 is 0. The lowest BCUT2D eigenvalue weighted by Crippen LogP contribution is -2.38. The van der Waals surface area contributed by atoms with Crippen LogP contribution < -0.4 is 5.32 Å². The van der Waals surface area contributed by atoms with Crippen LogP contribution in [-0.4, -0.2) is 41.8 Å². The van der Waals surface area contributed by atoms with Gasteiger partial charge >= 0.3 is 6.09 Å². The summed E-state index contributed by atoms with van der Waals surface area (Å²) in [5.41, 5.74) is 0. The number of carboxylic acid groups (broad SMARTS) is 1. The Labute approximate surface area is 66.2 Å². The summed E-state index contributed by atoms with van der Waals surface area (Å²) in [6.07, 6.45) is 0.105. The second-order valence-electron chi connectivity index (χ2n) is 2.86. The molecule has 0 aliphatic carbocycles. The number of carbonyl (C=O) groups is 1. The van der Waals surface area contributed by atoms with Crippen molar-refractivity contribution in [1.82, 2.24) is 10.2 Å². The van der Waals surface area contributed by atoms with Crippen molar-refractivity contribution in [2.24, 2.45) is 0 Å². The molecule has 64 valence electrons. The number of nitrogens with one attached hydrogen (secondary N) is 1. The normalized spacial score (nSPS) is 26.3. The van der Waals surface area contributed by atoms with Crippen molar-refractivity contribution in [3.05, 3.63) is 0 Å². The van der Waals surface area contributed by atoms with Crippen LogP contribution in [0, 0.1) is 0 Å². The van der Waals surface area contributed by atoms with Crippen molar-refractivity contribution in [1.29, 1.82) is 0 Å². The molecular weight excluding hydrogens is 144 g/mol. The van der Waals surface area contributed by atoms with Gasteiger partial charge in [0.2, 0.25) is 0 Å². The third-order valence-electron chi connectivity index (χ3n) is 2.05. The molecule has 1 atom stereocenters. The maximum Gasteiger partial charge on any atom is 0.407 e. The van der Waals surface area contributed by atoms with Gasteiger partial charge in [0.15, 0.2) is 0 Å². The number of nitrogens with zero attached hydrogens (tertiary/aromatic N) is 1. The van der Waals surface area contributed by atoms with E-state index in [1.165, 1.54) is 4.90 Å². The van der Waals surface area contributed by atoms with Gasteiger partial charge in [0.25, 0.3) is 0 Å². The lowest BCUT2D eigenvalue weighted by molar-refractivity contribution is 0.131. The highest BCUT2D eigenvalue weighted by atomic mass is 16.4. The second kappa shape index (κ2) is 3.57. The monoisotopic (exact) mass is 158 g/mol. The van der Waals surface area contributed by atoms with E-state index in [0.717, 1.165) is 19.5 Å². The molecule has 1 unspecified atom stereocenters. The Balaban J connectivity index is 2.52. The summed E-state index contributed by atoms with van der Waals surface area (Å²) in [6, 6.07) is 0.155. The van der Waals surface area contributed by atoms with Crippen LogP contribution in [0.2, 0.25) is 0 Å². The smallest absolute Gasteiger partial charge is 0.407 e. The molecule has 0 bridgehead atoms. The lowest BCUT2D eigenvalue weighted by atomic mass is 10.2. The van der Waals surface area contributed by atoms with Crippen LogP contribution in [-0.2, 0) is 0 Å². The first-order valence-electron chi connectivity index (χ1n) is 3.92. The molecule has 1 aliphatic rings. The standard InChI is InChI=1S/C7H14N2O2/c1-6-2-3-8-4-5-9(6)7(10)11/h6,8H,2-5H2,1H3,(H,10,11). The van der Waals surface area contributed by atoms with Crippen molar-refractivity contribution in [3.8, 4) is 0 Å². The molecule has 0 aromatic heterocycles. The molecule has 1 rings (SSSR count). The SMILES string of the molecule is CC1CCNCCN1C(=O)O. The highest BCUT2D eigenvalue weighted by Crippen LogP contribution is 2.05. The molecule has 1 aliphatic heterocycles. The van der Waals surface area contributed by atoms with Crippen LogP contribution in [0.3, 0.4) is 0 Å². The van der Waals surface area contributed by atoms with E-state index < -0.39 is 6.09 Å². The molecule has 0 spiro atoms. The summed E-state index contributed by atoms with van der Waals surface area (Å²) in [6.45, 7) is 4.25. The Morgan fingerprint density at radius 2 is 2.36 bits per heavy atom. The molecular formula is C7H14N2O2. The Bertz CT molecular complexity index is 149. The third-order valence-corrected chi connectivity index (χ3v) is 2.05. The first-order chi connectivity index (χ1) is 5.22. The highest BCUT2D eigenvalue weighted by molar-refractivity contribution is 5.65. The average Bonchev–Trinajstić information content (AvgIpc) is 2.13. The third kappa shape index (κ3) is 2.08.